The number of nitrogens with one attached hydrogen (secondary N) is 1. The van der Waals surface area contributed by atoms with E-state index in [1.165, 1.54) is 11.0 Å². The van der Waals surface area contributed by atoms with Crippen molar-refractivity contribution in [2.75, 3.05) is 18.9 Å². The van der Waals surface area contributed by atoms with Crippen molar-refractivity contribution in [3.8, 4) is 0 Å². The Balaban J connectivity index is 1.98. The van der Waals surface area contributed by atoms with Crippen molar-refractivity contribution in [2.45, 2.75) is 20.8 Å². The van der Waals surface area contributed by atoms with Gasteiger partial charge in [0.15, 0.2) is 0 Å². The lowest BCUT2D eigenvalue weighted by atomic mass is 10.1. The summed E-state index contributed by atoms with van der Waals surface area (Å²) in [5.74, 6) is -0.500. The molecule has 0 atom stereocenters. The van der Waals surface area contributed by atoms with E-state index in [1.807, 2.05) is 51.1 Å². The van der Waals surface area contributed by atoms with Crippen LogP contribution >= 0.6 is 11.6 Å². The third-order valence-electron chi connectivity index (χ3n) is 4.01. The fourth-order valence-electron chi connectivity index (χ4n) is 2.75. The van der Waals surface area contributed by atoms with Crippen LogP contribution in [-0.2, 0) is 9.59 Å². The minimum absolute atomic E-state index is 0.0293. The zero-order valence-corrected chi connectivity index (χ0v) is 16.2. The van der Waals surface area contributed by atoms with Crippen LogP contribution in [0.2, 0.25) is 5.02 Å². The summed E-state index contributed by atoms with van der Waals surface area (Å²) >= 11 is 6.06. The summed E-state index contributed by atoms with van der Waals surface area (Å²) in [6, 6.07) is 11.3. The van der Waals surface area contributed by atoms with Crippen molar-refractivity contribution < 1.29 is 9.59 Å². The van der Waals surface area contributed by atoms with Crippen molar-refractivity contribution in [1.82, 2.24) is 4.90 Å². The SMILES string of the molecule is Cc1cc(C)c(NC(=O)CN(C)C(=O)/C=C/c2ccccc2Cl)c(C)c1. The predicted molar refractivity (Wildman–Crippen MR) is 107 cm³/mol. The van der Waals surface area contributed by atoms with Crippen LogP contribution in [0.1, 0.15) is 22.3 Å². The van der Waals surface area contributed by atoms with E-state index < -0.39 is 0 Å². The number of benzene rings is 2. The highest BCUT2D eigenvalue weighted by Gasteiger charge is 2.13. The summed E-state index contributed by atoms with van der Waals surface area (Å²) in [6.07, 6.45) is 3.06. The Morgan fingerprint density at radius 3 is 2.35 bits per heavy atom. The highest BCUT2D eigenvalue weighted by atomic mass is 35.5. The molecule has 0 saturated carbocycles. The Kier molecular flexibility index (Phi) is 6.58. The number of halogens is 1. The normalized spacial score (nSPS) is 10.8. The minimum Gasteiger partial charge on any atom is -0.333 e. The highest BCUT2D eigenvalue weighted by Crippen LogP contribution is 2.22. The molecule has 0 aliphatic rings. The number of anilines is 1. The third kappa shape index (κ3) is 5.20. The van der Waals surface area contributed by atoms with Crippen LogP contribution in [0.3, 0.4) is 0 Å². The monoisotopic (exact) mass is 370 g/mol. The van der Waals surface area contributed by atoms with Crippen molar-refractivity contribution in [3.05, 3.63) is 69.8 Å². The molecule has 0 heterocycles. The molecule has 5 heteroatoms. The van der Waals surface area contributed by atoms with Gasteiger partial charge < -0.3 is 10.2 Å². The molecule has 2 aromatic rings. The average molecular weight is 371 g/mol. The largest absolute Gasteiger partial charge is 0.333 e. The first-order valence-corrected chi connectivity index (χ1v) is 8.71. The Labute approximate surface area is 159 Å². The van der Waals surface area contributed by atoms with Gasteiger partial charge >= 0.3 is 0 Å². The van der Waals surface area contributed by atoms with Crippen LogP contribution in [0, 0.1) is 20.8 Å². The molecular weight excluding hydrogens is 348 g/mol. The molecule has 0 radical (unpaired) electrons. The van der Waals surface area contributed by atoms with Crippen LogP contribution in [-0.4, -0.2) is 30.3 Å². The Bertz CT molecular complexity index is 836. The van der Waals surface area contributed by atoms with Crippen LogP contribution in [0.25, 0.3) is 6.08 Å². The first-order valence-electron chi connectivity index (χ1n) is 8.33. The molecule has 0 unspecified atom stereocenters. The molecular formula is C21H23ClN2O2. The van der Waals surface area contributed by atoms with Gasteiger partial charge in [0.1, 0.15) is 0 Å². The number of hydrogen-bond acceptors (Lipinski definition) is 2. The molecule has 0 fully saturated rings. The molecule has 2 aromatic carbocycles. The molecule has 26 heavy (non-hydrogen) atoms. The molecule has 0 saturated heterocycles. The first kappa shape index (κ1) is 19.7. The number of carbonyl (C=O) groups is 2. The number of rotatable bonds is 5. The number of likely N-dealkylation sites (N-methyl/N-ethyl adjacent to an activating group) is 1. The second-order valence-corrected chi connectivity index (χ2v) is 6.78. The molecule has 0 bridgehead atoms. The fraction of sp³-hybridized carbons (Fsp3) is 0.238. The zero-order valence-electron chi connectivity index (χ0n) is 15.5. The van der Waals surface area contributed by atoms with Gasteiger partial charge in [0.2, 0.25) is 11.8 Å². The van der Waals surface area contributed by atoms with E-state index >= 15 is 0 Å². The molecule has 2 amide bonds. The third-order valence-corrected chi connectivity index (χ3v) is 4.35. The second-order valence-electron chi connectivity index (χ2n) is 6.37. The second kappa shape index (κ2) is 8.68. The van der Waals surface area contributed by atoms with E-state index in [-0.39, 0.29) is 18.4 Å². The van der Waals surface area contributed by atoms with E-state index in [4.69, 9.17) is 11.6 Å². The molecule has 1 N–H and O–H groups in total. The molecule has 0 spiro atoms. The first-order chi connectivity index (χ1) is 12.3. The topological polar surface area (TPSA) is 49.4 Å². The lowest BCUT2D eigenvalue weighted by Crippen LogP contribution is -2.34. The van der Waals surface area contributed by atoms with Crippen molar-refractivity contribution >= 4 is 35.2 Å². The van der Waals surface area contributed by atoms with E-state index in [9.17, 15) is 9.59 Å². The number of nitrogens with zero attached hydrogens (tertiary/aromatic N) is 1. The van der Waals surface area contributed by atoms with Gasteiger partial charge in [0, 0.05) is 23.8 Å². The maximum atomic E-state index is 12.3. The molecule has 2 rings (SSSR count). The van der Waals surface area contributed by atoms with Gasteiger partial charge in [0.05, 0.1) is 6.54 Å². The molecule has 0 aliphatic heterocycles. The van der Waals surface area contributed by atoms with Gasteiger partial charge in [-0.2, -0.15) is 0 Å². The van der Waals surface area contributed by atoms with Gasteiger partial charge in [-0.3, -0.25) is 9.59 Å². The Hall–Kier alpha value is -2.59. The average Bonchev–Trinajstić information content (AvgIpc) is 2.57. The molecule has 136 valence electrons. The summed E-state index contributed by atoms with van der Waals surface area (Å²) in [5.41, 5.74) is 4.71. The van der Waals surface area contributed by atoms with E-state index in [2.05, 4.69) is 5.32 Å². The maximum absolute atomic E-state index is 12.3. The lowest BCUT2D eigenvalue weighted by Gasteiger charge is -2.17. The number of hydrogen-bond donors (Lipinski definition) is 1. The fourth-order valence-corrected chi connectivity index (χ4v) is 2.95. The van der Waals surface area contributed by atoms with Gasteiger partial charge in [-0.15, -0.1) is 0 Å². The Morgan fingerprint density at radius 2 is 1.73 bits per heavy atom. The highest BCUT2D eigenvalue weighted by molar-refractivity contribution is 6.32. The van der Waals surface area contributed by atoms with Crippen LogP contribution in [0.4, 0.5) is 5.69 Å². The maximum Gasteiger partial charge on any atom is 0.246 e. The summed E-state index contributed by atoms with van der Waals surface area (Å²) in [6.45, 7) is 5.90. The molecule has 0 aromatic heterocycles. The minimum atomic E-state index is -0.266. The number of aryl methyl sites for hydroxylation is 3. The number of amides is 2. The smallest absolute Gasteiger partial charge is 0.246 e. The van der Waals surface area contributed by atoms with E-state index in [0.29, 0.717) is 5.02 Å². The van der Waals surface area contributed by atoms with Gasteiger partial charge in [0.25, 0.3) is 0 Å². The Morgan fingerprint density at radius 1 is 1.12 bits per heavy atom. The van der Waals surface area contributed by atoms with Gasteiger partial charge in [-0.05, 0) is 49.6 Å². The van der Waals surface area contributed by atoms with Crippen LogP contribution in [0.5, 0.6) is 0 Å². The van der Waals surface area contributed by atoms with E-state index in [0.717, 1.165) is 27.9 Å². The molecule has 0 aliphatic carbocycles. The molecule has 4 nitrogen and oxygen atoms in total. The van der Waals surface area contributed by atoms with Crippen molar-refractivity contribution in [3.63, 3.8) is 0 Å². The van der Waals surface area contributed by atoms with Crippen molar-refractivity contribution in [1.29, 1.82) is 0 Å². The summed E-state index contributed by atoms with van der Waals surface area (Å²) in [5, 5.41) is 3.47. The van der Waals surface area contributed by atoms with Gasteiger partial charge in [-0.25, -0.2) is 0 Å². The zero-order chi connectivity index (χ0) is 19.3. The van der Waals surface area contributed by atoms with Crippen LogP contribution < -0.4 is 5.32 Å². The van der Waals surface area contributed by atoms with E-state index in [1.54, 1.807) is 19.2 Å². The van der Waals surface area contributed by atoms with Gasteiger partial charge in [-0.1, -0.05) is 47.5 Å². The summed E-state index contributed by atoms with van der Waals surface area (Å²) < 4.78 is 0. The predicted octanol–water partition coefficient (Wildman–Crippen LogP) is 4.38. The number of carbonyl (C=O) groups excluding carboxylic acids is 2. The lowest BCUT2D eigenvalue weighted by molar-refractivity contribution is -0.129. The standard InChI is InChI=1S/C21H23ClN2O2/c1-14-11-15(2)21(16(3)12-14)23-19(25)13-24(4)20(26)10-9-17-7-5-6-8-18(17)22/h5-12H,13H2,1-4H3,(H,23,25)/b10-9+. The summed E-state index contributed by atoms with van der Waals surface area (Å²) in [4.78, 5) is 25.9. The quantitative estimate of drug-likeness (QED) is 0.794. The van der Waals surface area contributed by atoms with Crippen molar-refractivity contribution in [2.24, 2.45) is 0 Å². The van der Waals surface area contributed by atoms with Crippen LogP contribution in [0.15, 0.2) is 42.5 Å². The summed E-state index contributed by atoms with van der Waals surface area (Å²) in [7, 11) is 1.59.